The summed E-state index contributed by atoms with van der Waals surface area (Å²) >= 11 is 0. The van der Waals surface area contributed by atoms with Crippen LogP contribution in [0, 0.1) is 0 Å². The Hall–Kier alpha value is -3.79. The molecule has 0 aliphatic heterocycles. The highest BCUT2D eigenvalue weighted by Gasteiger charge is 2.13. The molecule has 4 nitrogen and oxygen atoms in total. The summed E-state index contributed by atoms with van der Waals surface area (Å²) in [6.45, 7) is 0. The quantitative estimate of drug-likeness (QED) is 0.511. The van der Waals surface area contributed by atoms with E-state index in [0.29, 0.717) is 0 Å². The number of hydrogen-bond acceptors (Lipinski definition) is 3. The zero-order valence-corrected chi connectivity index (χ0v) is 15.5. The third-order valence-electron chi connectivity index (χ3n) is 4.47. The van der Waals surface area contributed by atoms with Gasteiger partial charge in [-0.2, -0.15) is 5.10 Å². The van der Waals surface area contributed by atoms with E-state index in [1.165, 1.54) is 0 Å². The number of aromatic nitrogens is 2. The van der Waals surface area contributed by atoms with Crippen molar-refractivity contribution in [1.82, 2.24) is 9.78 Å². The van der Waals surface area contributed by atoms with Crippen molar-refractivity contribution in [3.8, 4) is 28.4 Å². The molecule has 28 heavy (non-hydrogen) atoms. The number of rotatable bonds is 5. The second kappa shape index (κ2) is 7.84. The van der Waals surface area contributed by atoms with Gasteiger partial charge in [-0.25, -0.2) is 4.68 Å². The molecule has 0 saturated heterocycles. The van der Waals surface area contributed by atoms with Crippen LogP contribution in [0.5, 0.6) is 11.5 Å². The smallest absolute Gasteiger partial charge is 0.124 e. The molecule has 4 aromatic rings. The number of hydrogen-bond donors (Lipinski definition) is 1. The maximum atomic E-state index is 10.3. The van der Waals surface area contributed by atoms with Gasteiger partial charge in [-0.15, -0.1) is 0 Å². The Balaban J connectivity index is 1.75. The Bertz CT molecular complexity index is 1100. The van der Waals surface area contributed by atoms with Crippen molar-refractivity contribution in [2.45, 2.75) is 0 Å². The van der Waals surface area contributed by atoms with Crippen LogP contribution in [0.4, 0.5) is 0 Å². The standard InChI is InChI=1S/C24H20N2O2/c1-28-21-15-12-18(13-16-21)11-14-19-17-23(22-9-5-6-10-24(22)27)26(25-19)20-7-3-2-4-8-20/h2-17,27H,1H3/b14-11+. The van der Waals surface area contributed by atoms with E-state index in [2.05, 4.69) is 0 Å². The fourth-order valence-corrected chi connectivity index (χ4v) is 3.03. The fraction of sp³-hybridized carbons (Fsp3) is 0.0417. The van der Waals surface area contributed by atoms with Gasteiger partial charge < -0.3 is 9.84 Å². The molecular formula is C24H20N2O2. The SMILES string of the molecule is COc1ccc(/C=C/c2cc(-c3ccccc3O)n(-c3ccccc3)n2)cc1. The van der Waals surface area contributed by atoms with Crippen LogP contribution in [-0.2, 0) is 0 Å². The summed E-state index contributed by atoms with van der Waals surface area (Å²) in [4.78, 5) is 0. The second-order valence-electron chi connectivity index (χ2n) is 6.33. The minimum atomic E-state index is 0.227. The zero-order valence-electron chi connectivity index (χ0n) is 15.5. The van der Waals surface area contributed by atoms with Gasteiger partial charge in [-0.05, 0) is 54.1 Å². The van der Waals surface area contributed by atoms with Crippen LogP contribution in [-0.4, -0.2) is 22.0 Å². The van der Waals surface area contributed by atoms with Gasteiger partial charge in [0.2, 0.25) is 0 Å². The molecule has 0 saturated carbocycles. The van der Waals surface area contributed by atoms with E-state index in [1.807, 2.05) is 95.7 Å². The van der Waals surface area contributed by atoms with Crippen molar-refractivity contribution >= 4 is 12.2 Å². The second-order valence-corrected chi connectivity index (χ2v) is 6.33. The molecule has 1 aromatic heterocycles. The average Bonchev–Trinajstić information content (AvgIpc) is 3.18. The summed E-state index contributed by atoms with van der Waals surface area (Å²) in [6, 6.07) is 27.0. The van der Waals surface area contributed by atoms with Crippen LogP contribution < -0.4 is 4.74 Å². The lowest BCUT2D eigenvalue weighted by Gasteiger charge is -2.08. The number of benzene rings is 3. The molecule has 0 unspecified atom stereocenters. The first-order valence-electron chi connectivity index (χ1n) is 9.00. The van der Waals surface area contributed by atoms with E-state index >= 15 is 0 Å². The van der Waals surface area contributed by atoms with Gasteiger partial charge in [0.25, 0.3) is 0 Å². The van der Waals surface area contributed by atoms with Gasteiger partial charge in [0.05, 0.1) is 24.2 Å². The highest BCUT2D eigenvalue weighted by atomic mass is 16.5. The number of phenolic OH excluding ortho intramolecular Hbond substituents is 1. The van der Waals surface area contributed by atoms with Crippen LogP contribution in [0.2, 0.25) is 0 Å². The molecule has 4 heteroatoms. The summed E-state index contributed by atoms with van der Waals surface area (Å²) in [5.41, 5.74) is 4.36. The molecule has 0 amide bonds. The van der Waals surface area contributed by atoms with Crippen LogP contribution in [0.25, 0.3) is 29.1 Å². The molecular weight excluding hydrogens is 348 g/mol. The Kier molecular flexibility index (Phi) is 4.93. The lowest BCUT2D eigenvalue weighted by atomic mass is 10.1. The molecule has 3 aromatic carbocycles. The minimum Gasteiger partial charge on any atom is -0.507 e. The van der Waals surface area contributed by atoms with E-state index in [0.717, 1.165) is 34.0 Å². The Labute approximate surface area is 164 Å². The topological polar surface area (TPSA) is 47.3 Å². The maximum absolute atomic E-state index is 10.3. The molecule has 0 radical (unpaired) electrons. The molecule has 0 fully saturated rings. The number of nitrogens with zero attached hydrogens (tertiary/aromatic N) is 2. The molecule has 1 heterocycles. The van der Waals surface area contributed by atoms with Gasteiger partial charge in [0, 0.05) is 5.56 Å². The van der Waals surface area contributed by atoms with Gasteiger partial charge in [-0.3, -0.25) is 0 Å². The molecule has 1 N–H and O–H groups in total. The Morgan fingerprint density at radius 3 is 2.29 bits per heavy atom. The number of methoxy groups -OCH3 is 1. The predicted molar refractivity (Wildman–Crippen MR) is 113 cm³/mol. The average molecular weight is 368 g/mol. The third kappa shape index (κ3) is 3.67. The number of aromatic hydroxyl groups is 1. The van der Waals surface area contributed by atoms with Crippen molar-refractivity contribution in [3.63, 3.8) is 0 Å². The highest BCUT2D eigenvalue weighted by Crippen LogP contribution is 2.31. The van der Waals surface area contributed by atoms with Crippen LogP contribution in [0.1, 0.15) is 11.3 Å². The van der Waals surface area contributed by atoms with Crippen molar-refractivity contribution in [3.05, 3.63) is 96.2 Å². The predicted octanol–water partition coefficient (Wildman–Crippen LogP) is 5.42. The minimum absolute atomic E-state index is 0.227. The van der Waals surface area contributed by atoms with Crippen molar-refractivity contribution in [2.24, 2.45) is 0 Å². The van der Waals surface area contributed by atoms with Gasteiger partial charge >= 0.3 is 0 Å². The molecule has 0 aliphatic rings. The summed E-state index contributed by atoms with van der Waals surface area (Å²) in [5, 5.41) is 15.1. The van der Waals surface area contributed by atoms with E-state index in [4.69, 9.17) is 9.84 Å². The van der Waals surface area contributed by atoms with E-state index in [1.54, 1.807) is 13.2 Å². The van der Waals surface area contributed by atoms with Gasteiger partial charge in [0.1, 0.15) is 11.5 Å². The number of ether oxygens (including phenoxy) is 1. The van der Waals surface area contributed by atoms with Gasteiger partial charge in [-0.1, -0.05) is 48.5 Å². The lowest BCUT2D eigenvalue weighted by Crippen LogP contribution is -1.98. The molecule has 138 valence electrons. The van der Waals surface area contributed by atoms with Gasteiger partial charge in [0.15, 0.2) is 0 Å². The number of phenols is 1. The van der Waals surface area contributed by atoms with Crippen LogP contribution >= 0.6 is 0 Å². The summed E-state index contributed by atoms with van der Waals surface area (Å²) < 4.78 is 7.05. The first-order chi connectivity index (χ1) is 13.7. The molecule has 4 rings (SSSR count). The largest absolute Gasteiger partial charge is 0.507 e. The van der Waals surface area contributed by atoms with Crippen LogP contribution in [0.15, 0.2) is 84.9 Å². The van der Waals surface area contributed by atoms with E-state index in [9.17, 15) is 5.11 Å². The number of para-hydroxylation sites is 2. The summed E-state index contributed by atoms with van der Waals surface area (Å²) in [5.74, 6) is 1.05. The Morgan fingerprint density at radius 1 is 0.857 bits per heavy atom. The highest BCUT2D eigenvalue weighted by molar-refractivity contribution is 5.74. The maximum Gasteiger partial charge on any atom is 0.124 e. The molecule has 0 atom stereocenters. The summed E-state index contributed by atoms with van der Waals surface area (Å²) in [7, 11) is 1.65. The summed E-state index contributed by atoms with van der Waals surface area (Å²) in [6.07, 6.45) is 3.97. The van der Waals surface area contributed by atoms with Crippen molar-refractivity contribution < 1.29 is 9.84 Å². The van der Waals surface area contributed by atoms with Crippen LogP contribution in [0.3, 0.4) is 0 Å². The van der Waals surface area contributed by atoms with Crippen molar-refractivity contribution in [2.75, 3.05) is 7.11 Å². The first kappa shape index (κ1) is 17.6. The molecule has 0 bridgehead atoms. The monoisotopic (exact) mass is 368 g/mol. The Morgan fingerprint density at radius 2 is 1.57 bits per heavy atom. The normalized spacial score (nSPS) is 11.0. The molecule has 0 spiro atoms. The van der Waals surface area contributed by atoms with E-state index < -0.39 is 0 Å². The first-order valence-corrected chi connectivity index (χ1v) is 9.00. The fourth-order valence-electron chi connectivity index (χ4n) is 3.03. The third-order valence-corrected chi connectivity index (χ3v) is 4.47. The van der Waals surface area contributed by atoms with Crippen molar-refractivity contribution in [1.29, 1.82) is 0 Å². The molecule has 0 aliphatic carbocycles. The zero-order chi connectivity index (χ0) is 19.3. The van der Waals surface area contributed by atoms with E-state index in [-0.39, 0.29) is 5.75 Å². The lowest BCUT2D eigenvalue weighted by molar-refractivity contribution is 0.415.